The van der Waals surface area contributed by atoms with Crippen LogP contribution in [0.5, 0.6) is 0 Å². The molecule has 0 N–H and O–H groups in total. The van der Waals surface area contributed by atoms with Crippen molar-refractivity contribution in [2.45, 2.75) is 13.3 Å². The largest absolute Gasteiger partial charge is 0.337 e. The van der Waals surface area contributed by atoms with Gasteiger partial charge in [0, 0.05) is 39.1 Å². The van der Waals surface area contributed by atoms with Crippen LogP contribution in [0.2, 0.25) is 0 Å². The van der Waals surface area contributed by atoms with E-state index in [9.17, 15) is 4.79 Å². The molecule has 0 spiro atoms. The molecule has 0 aromatic carbocycles. The quantitative estimate of drug-likeness (QED) is 0.637. The number of nitrogens with zero attached hydrogens (tertiary/aromatic N) is 3. The lowest BCUT2D eigenvalue weighted by Crippen LogP contribution is -2.48. The molecule has 0 aromatic rings. The van der Waals surface area contributed by atoms with Gasteiger partial charge in [-0.25, -0.2) is 0 Å². The number of hydrogen-bond acceptors (Lipinski definition) is 3. The molecule has 82 valence electrons. The Morgan fingerprint density at radius 2 is 2.07 bits per heavy atom. The summed E-state index contributed by atoms with van der Waals surface area (Å²) >= 11 is 0. The zero-order chi connectivity index (χ0) is 11.1. The van der Waals surface area contributed by atoms with E-state index in [0.29, 0.717) is 6.42 Å². The summed E-state index contributed by atoms with van der Waals surface area (Å²) in [6, 6.07) is 2.14. The third-order valence-electron chi connectivity index (χ3n) is 2.53. The summed E-state index contributed by atoms with van der Waals surface area (Å²) in [6.07, 6.45) is 3.94. The van der Waals surface area contributed by atoms with Crippen molar-refractivity contribution in [2.75, 3.05) is 32.7 Å². The maximum atomic E-state index is 11.5. The fraction of sp³-hybridized carbons (Fsp3) is 0.636. The Labute approximate surface area is 90.8 Å². The number of hydrogen-bond donors (Lipinski definition) is 0. The minimum Gasteiger partial charge on any atom is -0.337 e. The van der Waals surface area contributed by atoms with E-state index in [0.717, 1.165) is 32.7 Å². The first-order valence-electron chi connectivity index (χ1n) is 5.29. The topological polar surface area (TPSA) is 47.3 Å². The molecule has 0 saturated carbocycles. The molecule has 0 bridgehead atoms. The highest BCUT2D eigenvalue weighted by atomic mass is 16.2. The summed E-state index contributed by atoms with van der Waals surface area (Å²) in [7, 11) is 0. The zero-order valence-corrected chi connectivity index (χ0v) is 9.15. The molecule has 0 atom stereocenters. The minimum absolute atomic E-state index is 0.0948. The summed E-state index contributed by atoms with van der Waals surface area (Å²) in [5.41, 5.74) is 0. The molecule has 0 aromatic heterocycles. The number of nitriles is 1. The molecule has 1 amide bonds. The second-order valence-corrected chi connectivity index (χ2v) is 3.58. The Bertz CT molecular complexity index is 272. The predicted octanol–water partition coefficient (Wildman–Crippen LogP) is 0.620. The summed E-state index contributed by atoms with van der Waals surface area (Å²) in [4.78, 5) is 15.6. The Morgan fingerprint density at radius 1 is 1.40 bits per heavy atom. The van der Waals surface area contributed by atoms with Gasteiger partial charge in [-0.05, 0) is 13.0 Å². The van der Waals surface area contributed by atoms with Crippen LogP contribution in [0.3, 0.4) is 0 Å². The third-order valence-corrected chi connectivity index (χ3v) is 2.53. The molecular weight excluding hydrogens is 190 g/mol. The molecule has 4 heteroatoms. The first kappa shape index (κ1) is 11.7. The molecule has 0 aliphatic carbocycles. The van der Waals surface area contributed by atoms with Crippen LogP contribution in [0.4, 0.5) is 0 Å². The number of piperazine rings is 1. The van der Waals surface area contributed by atoms with Gasteiger partial charge in [0.25, 0.3) is 0 Å². The number of rotatable bonds is 3. The standard InChI is InChI=1S/C11H17N3O/c1-2-4-11(15)14-9-7-13(8-10-14)6-3-5-12/h2,4H,3,6-10H2,1H3/b4-2+. The van der Waals surface area contributed by atoms with Gasteiger partial charge in [0.1, 0.15) is 0 Å². The zero-order valence-electron chi connectivity index (χ0n) is 9.15. The van der Waals surface area contributed by atoms with E-state index in [1.807, 2.05) is 11.8 Å². The molecule has 1 fully saturated rings. The van der Waals surface area contributed by atoms with Crippen molar-refractivity contribution in [3.8, 4) is 6.07 Å². The fourth-order valence-corrected chi connectivity index (χ4v) is 1.65. The Hall–Kier alpha value is -1.34. The Balaban J connectivity index is 2.30. The minimum atomic E-state index is 0.0948. The highest BCUT2D eigenvalue weighted by Crippen LogP contribution is 2.03. The van der Waals surface area contributed by atoms with Crippen molar-refractivity contribution >= 4 is 5.91 Å². The van der Waals surface area contributed by atoms with Crippen molar-refractivity contribution in [3.63, 3.8) is 0 Å². The first-order chi connectivity index (χ1) is 7.27. The molecule has 0 unspecified atom stereocenters. The van der Waals surface area contributed by atoms with E-state index in [4.69, 9.17) is 5.26 Å². The third kappa shape index (κ3) is 3.72. The average Bonchev–Trinajstić information content (AvgIpc) is 2.27. The van der Waals surface area contributed by atoms with E-state index >= 15 is 0 Å². The van der Waals surface area contributed by atoms with Gasteiger partial charge in [-0.2, -0.15) is 5.26 Å². The summed E-state index contributed by atoms with van der Waals surface area (Å²) in [5.74, 6) is 0.0948. The maximum Gasteiger partial charge on any atom is 0.246 e. The van der Waals surface area contributed by atoms with E-state index in [1.165, 1.54) is 0 Å². The van der Waals surface area contributed by atoms with Gasteiger partial charge in [0.2, 0.25) is 5.91 Å². The van der Waals surface area contributed by atoms with Gasteiger partial charge in [-0.3, -0.25) is 9.69 Å². The number of carbonyl (C=O) groups excluding carboxylic acids is 1. The van der Waals surface area contributed by atoms with Crippen LogP contribution in [0.25, 0.3) is 0 Å². The van der Waals surface area contributed by atoms with Crippen molar-refractivity contribution in [3.05, 3.63) is 12.2 Å². The fourth-order valence-electron chi connectivity index (χ4n) is 1.65. The van der Waals surface area contributed by atoms with Crippen LogP contribution in [-0.2, 0) is 4.79 Å². The molecule has 1 heterocycles. The molecule has 0 radical (unpaired) electrons. The first-order valence-corrected chi connectivity index (χ1v) is 5.29. The van der Waals surface area contributed by atoms with Crippen molar-refractivity contribution < 1.29 is 4.79 Å². The van der Waals surface area contributed by atoms with Crippen molar-refractivity contribution in [1.82, 2.24) is 9.80 Å². The molecule has 15 heavy (non-hydrogen) atoms. The lowest BCUT2D eigenvalue weighted by molar-refractivity contribution is -0.127. The van der Waals surface area contributed by atoms with E-state index in [-0.39, 0.29) is 5.91 Å². The lowest BCUT2D eigenvalue weighted by atomic mass is 10.3. The van der Waals surface area contributed by atoms with Gasteiger partial charge in [-0.15, -0.1) is 0 Å². The highest BCUT2D eigenvalue weighted by molar-refractivity contribution is 5.87. The summed E-state index contributed by atoms with van der Waals surface area (Å²) in [6.45, 7) is 5.97. The van der Waals surface area contributed by atoms with Crippen molar-refractivity contribution in [2.24, 2.45) is 0 Å². The summed E-state index contributed by atoms with van der Waals surface area (Å²) < 4.78 is 0. The van der Waals surface area contributed by atoms with Crippen LogP contribution in [0.15, 0.2) is 12.2 Å². The van der Waals surface area contributed by atoms with Crippen LogP contribution in [0.1, 0.15) is 13.3 Å². The molecule has 1 rings (SSSR count). The van der Waals surface area contributed by atoms with Crippen LogP contribution < -0.4 is 0 Å². The van der Waals surface area contributed by atoms with Gasteiger partial charge in [0.05, 0.1) is 6.07 Å². The van der Waals surface area contributed by atoms with Crippen LogP contribution in [0, 0.1) is 11.3 Å². The number of carbonyl (C=O) groups is 1. The monoisotopic (exact) mass is 207 g/mol. The lowest BCUT2D eigenvalue weighted by Gasteiger charge is -2.33. The normalized spacial score (nSPS) is 18.0. The maximum absolute atomic E-state index is 11.5. The highest BCUT2D eigenvalue weighted by Gasteiger charge is 2.18. The molecule has 1 aliphatic rings. The van der Waals surface area contributed by atoms with Gasteiger partial charge >= 0.3 is 0 Å². The smallest absolute Gasteiger partial charge is 0.246 e. The number of amides is 1. The number of allylic oxidation sites excluding steroid dienone is 1. The molecule has 1 aliphatic heterocycles. The van der Waals surface area contributed by atoms with Crippen molar-refractivity contribution in [1.29, 1.82) is 5.26 Å². The van der Waals surface area contributed by atoms with E-state index in [2.05, 4.69) is 11.0 Å². The second kappa shape index (κ2) is 6.20. The van der Waals surface area contributed by atoms with Gasteiger partial charge in [0.15, 0.2) is 0 Å². The van der Waals surface area contributed by atoms with Gasteiger partial charge < -0.3 is 4.90 Å². The SMILES string of the molecule is C/C=C/C(=O)N1CCN(CCC#N)CC1. The summed E-state index contributed by atoms with van der Waals surface area (Å²) in [5, 5.41) is 8.46. The van der Waals surface area contributed by atoms with Crippen LogP contribution in [-0.4, -0.2) is 48.4 Å². The molecule has 1 saturated heterocycles. The van der Waals surface area contributed by atoms with Crippen LogP contribution >= 0.6 is 0 Å². The second-order valence-electron chi connectivity index (χ2n) is 3.58. The Morgan fingerprint density at radius 3 is 2.60 bits per heavy atom. The Kier molecular flexibility index (Phi) is 4.85. The molecular formula is C11H17N3O. The average molecular weight is 207 g/mol. The predicted molar refractivity (Wildman–Crippen MR) is 58.1 cm³/mol. The van der Waals surface area contributed by atoms with Gasteiger partial charge in [-0.1, -0.05) is 6.08 Å². The molecule has 4 nitrogen and oxygen atoms in total. The van der Waals surface area contributed by atoms with E-state index in [1.54, 1.807) is 12.2 Å². The van der Waals surface area contributed by atoms with E-state index < -0.39 is 0 Å².